The molecule has 0 aliphatic rings. The summed E-state index contributed by atoms with van der Waals surface area (Å²) in [5.74, 6) is 0. The van der Waals surface area contributed by atoms with E-state index < -0.39 is 0 Å². The van der Waals surface area contributed by atoms with Crippen molar-refractivity contribution in [1.29, 1.82) is 0 Å². The number of hydrogen-bond donors (Lipinski definition) is 2. The Balaban J connectivity index is 4.45. The predicted octanol–water partition coefficient (Wildman–Crippen LogP) is 2.10. The minimum Gasteiger partial charge on any atom is -0.395 e. The number of nitrogens with one attached hydrogen (secondary N) is 1. The molecule has 0 radical (unpaired) electrons. The number of nitrogens with zero attached hydrogens (tertiary/aromatic N) is 1. The molecule has 0 aromatic heterocycles. The molecule has 0 saturated heterocycles. The fourth-order valence-electron chi connectivity index (χ4n) is 2.39. The summed E-state index contributed by atoms with van der Waals surface area (Å²) in [7, 11) is 0. The molecule has 0 heterocycles. The third-order valence-electron chi connectivity index (χ3n) is 3.36. The van der Waals surface area contributed by atoms with E-state index in [2.05, 4.69) is 44.8 Å². The molecule has 0 aliphatic carbocycles. The zero-order chi connectivity index (χ0) is 13.3. The Labute approximate surface area is 108 Å². The number of hydrogen-bond acceptors (Lipinski definition) is 3. The van der Waals surface area contributed by atoms with Crippen molar-refractivity contribution in [2.24, 2.45) is 5.41 Å². The Hall–Kier alpha value is -0.120. The normalized spacial score (nSPS) is 15.5. The SMILES string of the molecule is CCCC(C)(CNCC)CN(CCO)C(C)C. The third kappa shape index (κ3) is 7.02. The third-order valence-corrected chi connectivity index (χ3v) is 3.36. The van der Waals surface area contributed by atoms with Crippen molar-refractivity contribution in [3.63, 3.8) is 0 Å². The average Bonchev–Trinajstić information content (AvgIpc) is 2.26. The van der Waals surface area contributed by atoms with Gasteiger partial charge >= 0.3 is 0 Å². The molecule has 2 N–H and O–H groups in total. The molecule has 0 aromatic rings. The van der Waals surface area contributed by atoms with Crippen LogP contribution in [0.3, 0.4) is 0 Å². The van der Waals surface area contributed by atoms with Gasteiger partial charge in [0.05, 0.1) is 6.61 Å². The summed E-state index contributed by atoms with van der Waals surface area (Å²) in [5.41, 5.74) is 0.310. The van der Waals surface area contributed by atoms with Gasteiger partial charge in [-0.2, -0.15) is 0 Å². The molecule has 0 amide bonds. The summed E-state index contributed by atoms with van der Waals surface area (Å²) in [4.78, 5) is 2.38. The Bertz CT molecular complexity index is 185. The molecule has 104 valence electrons. The lowest BCUT2D eigenvalue weighted by molar-refractivity contribution is 0.101. The fourth-order valence-corrected chi connectivity index (χ4v) is 2.39. The fraction of sp³-hybridized carbons (Fsp3) is 1.00. The summed E-state index contributed by atoms with van der Waals surface area (Å²) < 4.78 is 0. The smallest absolute Gasteiger partial charge is 0.0558 e. The average molecular weight is 244 g/mol. The molecule has 3 nitrogen and oxygen atoms in total. The minimum atomic E-state index is 0.252. The highest BCUT2D eigenvalue weighted by Crippen LogP contribution is 2.24. The van der Waals surface area contributed by atoms with Gasteiger partial charge in [0.25, 0.3) is 0 Å². The van der Waals surface area contributed by atoms with E-state index in [4.69, 9.17) is 5.11 Å². The van der Waals surface area contributed by atoms with Gasteiger partial charge < -0.3 is 10.4 Å². The molecule has 17 heavy (non-hydrogen) atoms. The molecule has 0 saturated carbocycles. The van der Waals surface area contributed by atoms with E-state index in [1.165, 1.54) is 12.8 Å². The lowest BCUT2D eigenvalue weighted by Gasteiger charge is -2.37. The largest absolute Gasteiger partial charge is 0.395 e. The van der Waals surface area contributed by atoms with E-state index in [1.54, 1.807) is 0 Å². The van der Waals surface area contributed by atoms with Crippen LogP contribution in [0.15, 0.2) is 0 Å². The van der Waals surface area contributed by atoms with Crippen LogP contribution < -0.4 is 5.32 Å². The second-order valence-corrected chi connectivity index (χ2v) is 5.63. The first-order valence-electron chi connectivity index (χ1n) is 7.04. The number of aliphatic hydroxyl groups is 1. The van der Waals surface area contributed by atoms with E-state index in [9.17, 15) is 0 Å². The molecule has 1 atom stereocenters. The Kier molecular flexibility index (Phi) is 8.83. The number of rotatable bonds is 10. The van der Waals surface area contributed by atoms with Gasteiger partial charge in [0.1, 0.15) is 0 Å². The zero-order valence-electron chi connectivity index (χ0n) is 12.4. The van der Waals surface area contributed by atoms with Crippen LogP contribution in [0.25, 0.3) is 0 Å². The van der Waals surface area contributed by atoms with Crippen molar-refractivity contribution in [2.75, 3.05) is 32.8 Å². The van der Waals surface area contributed by atoms with Crippen LogP contribution in [0.4, 0.5) is 0 Å². The quantitative estimate of drug-likeness (QED) is 0.618. The van der Waals surface area contributed by atoms with Crippen molar-refractivity contribution < 1.29 is 5.11 Å². The first-order chi connectivity index (χ1) is 7.99. The van der Waals surface area contributed by atoms with Crippen molar-refractivity contribution >= 4 is 0 Å². The van der Waals surface area contributed by atoms with Crippen molar-refractivity contribution in [2.45, 2.75) is 53.5 Å². The monoisotopic (exact) mass is 244 g/mol. The topological polar surface area (TPSA) is 35.5 Å². The van der Waals surface area contributed by atoms with E-state index >= 15 is 0 Å². The van der Waals surface area contributed by atoms with Crippen LogP contribution in [-0.2, 0) is 0 Å². The molecule has 0 rings (SSSR count). The van der Waals surface area contributed by atoms with Crippen LogP contribution >= 0.6 is 0 Å². The van der Waals surface area contributed by atoms with Gasteiger partial charge in [-0.3, -0.25) is 4.90 Å². The van der Waals surface area contributed by atoms with E-state index in [0.717, 1.165) is 26.2 Å². The van der Waals surface area contributed by atoms with E-state index in [0.29, 0.717) is 11.5 Å². The number of aliphatic hydroxyl groups excluding tert-OH is 1. The molecular formula is C14H32N2O. The van der Waals surface area contributed by atoms with Gasteiger partial charge in [-0.25, -0.2) is 0 Å². The molecular weight excluding hydrogens is 212 g/mol. The van der Waals surface area contributed by atoms with Crippen LogP contribution in [0.2, 0.25) is 0 Å². The van der Waals surface area contributed by atoms with Crippen molar-refractivity contribution in [3.8, 4) is 0 Å². The highest BCUT2D eigenvalue weighted by atomic mass is 16.3. The summed E-state index contributed by atoms with van der Waals surface area (Å²) in [6.45, 7) is 15.3. The predicted molar refractivity (Wildman–Crippen MR) is 75.4 cm³/mol. The van der Waals surface area contributed by atoms with Gasteiger partial charge in [-0.05, 0) is 32.2 Å². The lowest BCUT2D eigenvalue weighted by atomic mass is 9.84. The van der Waals surface area contributed by atoms with Crippen molar-refractivity contribution in [1.82, 2.24) is 10.2 Å². The molecule has 0 bridgehead atoms. The summed E-state index contributed by atoms with van der Waals surface area (Å²) in [5, 5.41) is 12.6. The maximum atomic E-state index is 9.13. The van der Waals surface area contributed by atoms with Crippen LogP contribution in [0.1, 0.15) is 47.5 Å². The summed E-state index contributed by atoms with van der Waals surface area (Å²) in [6.07, 6.45) is 2.45. The highest BCUT2D eigenvalue weighted by molar-refractivity contribution is 4.81. The molecule has 0 spiro atoms. The first kappa shape index (κ1) is 16.9. The van der Waals surface area contributed by atoms with Gasteiger partial charge in [0, 0.05) is 25.7 Å². The van der Waals surface area contributed by atoms with Gasteiger partial charge in [0.15, 0.2) is 0 Å². The van der Waals surface area contributed by atoms with Gasteiger partial charge in [0.2, 0.25) is 0 Å². The Morgan fingerprint density at radius 3 is 2.35 bits per heavy atom. The van der Waals surface area contributed by atoms with Gasteiger partial charge in [-0.15, -0.1) is 0 Å². The van der Waals surface area contributed by atoms with Crippen molar-refractivity contribution in [3.05, 3.63) is 0 Å². The maximum Gasteiger partial charge on any atom is 0.0558 e. The summed E-state index contributed by atoms with van der Waals surface area (Å²) >= 11 is 0. The van der Waals surface area contributed by atoms with E-state index in [-0.39, 0.29) is 6.61 Å². The lowest BCUT2D eigenvalue weighted by Crippen LogP contribution is -2.45. The molecule has 0 fully saturated rings. The molecule has 1 unspecified atom stereocenters. The second kappa shape index (κ2) is 8.90. The molecule has 0 aromatic carbocycles. The standard InChI is InChI=1S/C14H32N2O/c1-6-8-14(5,11-15-7-2)12-16(9-10-17)13(3)4/h13,15,17H,6-12H2,1-5H3. The second-order valence-electron chi connectivity index (χ2n) is 5.63. The Morgan fingerprint density at radius 1 is 1.29 bits per heavy atom. The van der Waals surface area contributed by atoms with E-state index in [1.807, 2.05) is 0 Å². The molecule has 3 heteroatoms. The van der Waals surface area contributed by atoms with Gasteiger partial charge in [-0.1, -0.05) is 27.2 Å². The molecule has 0 aliphatic heterocycles. The van der Waals surface area contributed by atoms with Crippen LogP contribution in [0, 0.1) is 5.41 Å². The van der Waals surface area contributed by atoms with Crippen LogP contribution in [0.5, 0.6) is 0 Å². The maximum absolute atomic E-state index is 9.13. The van der Waals surface area contributed by atoms with Crippen LogP contribution in [-0.4, -0.2) is 48.8 Å². The zero-order valence-corrected chi connectivity index (χ0v) is 12.4. The first-order valence-corrected chi connectivity index (χ1v) is 7.04. The summed E-state index contributed by atoms with van der Waals surface area (Å²) in [6, 6.07) is 0.500. The Morgan fingerprint density at radius 2 is 1.94 bits per heavy atom. The minimum absolute atomic E-state index is 0.252. The highest BCUT2D eigenvalue weighted by Gasteiger charge is 2.26.